The van der Waals surface area contributed by atoms with Crippen LogP contribution in [0.1, 0.15) is 35.5 Å². The molecule has 2 fully saturated rings. The average Bonchev–Trinajstić information content (AvgIpc) is 3.32. The van der Waals surface area contributed by atoms with Crippen LogP contribution in [0.4, 0.5) is 0 Å². The summed E-state index contributed by atoms with van der Waals surface area (Å²) in [6.07, 6.45) is 3.37. The molecule has 24 heavy (non-hydrogen) atoms. The van der Waals surface area contributed by atoms with Gasteiger partial charge in [0.1, 0.15) is 0 Å². The molecule has 2 bridgehead atoms. The van der Waals surface area contributed by atoms with Crippen LogP contribution in [-0.2, 0) is 0 Å². The Kier molecular flexibility index (Phi) is 3.96. The van der Waals surface area contributed by atoms with Crippen molar-refractivity contribution >= 4 is 17.7 Å². The molecule has 2 saturated heterocycles. The molecule has 8 heteroatoms. The quantitative estimate of drug-likeness (QED) is 0.872. The van der Waals surface area contributed by atoms with E-state index in [2.05, 4.69) is 20.8 Å². The number of rotatable bonds is 4. The molecule has 3 atom stereocenters. The second kappa shape index (κ2) is 6.26. The summed E-state index contributed by atoms with van der Waals surface area (Å²) in [5.74, 6) is -0.108. The monoisotopic (exact) mass is 341 g/mol. The van der Waals surface area contributed by atoms with Gasteiger partial charge < -0.3 is 15.1 Å². The first-order valence-corrected chi connectivity index (χ1v) is 8.61. The molecule has 2 aliphatic rings. The van der Waals surface area contributed by atoms with E-state index in [9.17, 15) is 4.79 Å². The van der Waals surface area contributed by atoms with Crippen molar-refractivity contribution in [3.8, 4) is 6.07 Å². The Morgan fingerprint density at radius 1 is 1.33 bits per heavy atom. The summed E-state index contributed by atoms with van der Waals surface area (Å²) in [7, 11) is 0. The van der Waals surface area contributed by atoms with Gasteiger partial charge in [-0.25, -0.2) is 0 Å². The third-order valence-electron chi connectivity index (χ3n) is 4.44. The van der Waals surface area contributed by atoms with E-state index >= 15 is 0 Å². The second-order valence-corrected chi connectivity index (χ2v) is 7.00. The molecular formula is C16H15N5O2S. The van der Waals surface area contributed by atoms with E-state index in [0.717, 1.165) is 17.7 Å². The van der Waals surface area contributed by atoms with Crippen molar-refractivity contribution < 1.29 is 9.21 Å². The predicted octanol–water partition coefficient (Wildman–Crippen LogP) is 1.72. The lowest BCUT2D eigenvalue weighted by molar-refractivity contribution is 0.0931. The number of carbonyl (C=O) groups excluding carboxylic acids is 1. The largest absolute Gasteiger partial charge is 0.403 e. The summed E-state index contributed by atoms with van der Waals surface area (Å²) >= 11 is 1.25. The first-order valence-electron chi connectivity index (χ1n) is 7.80. The minimum atomic E-state index is -0.0621. The van der Waals surface area contributed by atoms with Gasteiger partial charge in [0.25, 0.3) is 11.1 Å². The zero-order valence-corrected chi connectivity index (χ0v) is 13.5. The zero-order chi connectivity index (χ0) is 16.5. The molecule has 2 aliphatic heterocycles. The van der Waals surface area contributed by atoms with Gasteiger partial charge in [-0.15, -0.1) is 0 Å². The van der Waals surface area contributed by atoms with Crippen LogP contribution in [0.2, 0.25) is 0 Å². The van der Waals surface area contributed by atoms with Gasteiger partial charge in [0.15, 0.2) is 6.07 Å². The molecular weight excluding hydrogens is 326 g/mol. The number of nitrogens with zero attached hydrogens (tertiary/aromatic N) is 3. The fraction of sp³-hybridized carbons (Fsp3) is 0.375. The second-order valence-electron chi connectivity index (χ2n) is 5.97. The highest BCUT2D eigenvalue weighted by Gasteiger charge is 2.39. The first-order chi connectivity index (χ1) is 11.7. The van der Waals surface area contributed by atoms with E-state index in [-0.39, 0.29) is 17.8 Å². The topological polar surface area (TPSA) is 104 Å². The van der Waals surface area contributed by atoms with Crippen LogP contribution >= 0.6 is 11.8 Å². The van der Waals surface area contributed by atoms with Gasteiger partial charge in [-0.3, -0.25) is 4.79 Å². The van der Waals surface area contributed by atoms with Gasteiger partial charge in [-0.2, -0.15) is 5.26 Å². The van der Waals surface area contributed by atoms with Gasteiger partial charge in [0.05, 0.1) is 0 Å². The van der Waals surface area contributed by atoms with Crippen LogP contribution in [0.5, 0.6) is 0 Å². The first kappa shape index (κ1) is 15.2. The van der Waals surface area contributed by atoms with E-state index in [1.165, 1.54) is 18.2 Å². The van der Waals surface area contributed by atoms with Crippen molar-refractivity contribution in [2.75, 3.05) is 0 Å². The SMILES string of the molecule is N#Cc1nnc(Sc2ccc(C(=O)NC3CC4CCC3N4)cc2)o1. The molecule has 0 spiro atoms. The number of aromatic nitrogens is 2. The van der Waals surface area contributed by atoms with Gasteiger partial charge in [0, 0.05) is 28.6 Å². The number of fused-ring (bicyclic) bond motifs is 2. The van der Waals surface area contributed by atoms with Crippen LogP contribution in [0.3, 0.4) is 0 Å². The molecule has 1 aromatic heterocycles. The summed E-state index contributed by atoms with van der Waals surface area (Å²) in [4.78, 5) is 13.2. The van der Waals surface area contributed by atoms with E-state index in [1.54, 1.807) is 18.2 Å². The van der Waals surface area contributed by atoms with Gasteiger partial charge >= 0.3 is 5.89 Å². The lowest BCUT2D eigenvalue weighted by atomic mass is 9.95. The number of hydrogen-bond acceptors (Lipinski definition) is 7. The summed E-state index contributed by atoms with van der Waals surface area (Å²) in [5.41, 5.74) is 0.630. The van der Waals surface area contributed by atoms with Crippen molar-refractivity contribution in [1.82, 2.24) is 20.8 Å². The molecule has 1 amide bonds. The highest BCUT2D eigenvalue weighted by Crippen LogP contribution is 2.29. The van der Waals surface area contributed by atoms with Gasteiger partial charge in [-0.1, -0.05) is 10.2 Å². The van der Waals surface area contributed by atoms with Gasteiger partial charge in [-0.05, 0) is 55.3 Å². The Balaban J connectivity index is 1.38. The smallest absolute Gasteiger partial charge is 0.321 e. The minimum absolute atomic E-state index is 0.0459. The summed E-state index contributed by atoms with van der Waals surface area (Å²) in [6, 6.07) is 10.2. The standard InChI is InChI=1S/C16H15N5O2S/c17-8-14-20-21-16(23-14)24-11-4-1-9(2-5-11)15(22)19-13-7-10-3-6-12(13)18-10/h1-2,4-5,10,12-13,18H,3,6-7H2,(H,19,22). The number of amides is 1. The van der Waals surface area contributed by atoms with E-state index in [0.29, 0.717) is 22.9 Å². The Labute approximate surface area is 142 Å². The average molecular weight is 341 g/mol. The van der Waals surface area contributed by atoms with E-state index in [1.807, 2.05) is 12.1 Å². The summed E-state index contributed by atoms with van der Waals surface area (Å²) < 4.78 is 5.12. The normalized spacial score (nSPS) is 24.7. The van der Waals surface area contributed by atoms with Crippen LogP contribution in [0.15, 0.2) is 38.8 Å². The van der Waals surface area contributed by atoms with E-state index in [4.69, 9.17) is 9.68 Å². The van der Waals surface area contributed by atoms with Crippen molar-refractivity contribution in [3.05, 3.63) is 35.7 Å². The molecule has 2 N–H and O–H groups in total. The molecule has 2 aromatic rings. The Morgan fingerprint density at radius 3 is 2.79 bits per heavy atom. The van der Waals surface area contributed by atoms with E-state index < -0.39 is 0 Å². The molecule has 122 valence electrons. The van der Waals surface area contributed by atoms with Crippen molar-refractivity contribution in [2.24, 2.45) is 0 Å². The molecule has 0 saturated carbocycles. The number of nitriles is 1. The zero-order valence-electron chi connectivity index (χ0n) is 12.7. The molecule has 3 unspecified atom stereocenters. The molecule has 0 aliphatic carbocycles. The lowest BCUT2D eigenvalue weighted by Crippen LogP contribution is -2.42. The highest BCUT2D eigenvalue weighted by molar-refractivity contribution is 7.99. The number of nitrogens with one attached hydrogen (secondary N) is 2. The van der Waals surface area contributed by atoms with Crippen LogP contribution in [-0.4, -0.2) is 34.2 Å². The number of carbonyl (C=O) groups is 1. The van der Waals surface area contributed by atoms with Crippen LogP contribution in [0, 0.1) is 11.3 Å². The highest BCUT2D eigenvalue weighted by atomic mass is 32.2. The summed E-state index contributed by atoms with van der Waals surface area (Å²) in [6.45, 7) is 0. The van der Waals surface area contributed by atoms with Crippen LogP contribution in [0.25, 0.3) is 0 Å². The maximum atomic E-state index is 12.4. The molecule has 4 rings (SSSR count). The molecule has 0 radical (unpaired) electrons. The van der Waals surface area contributed by atoms with Crippen molar-refractivity contribution in [3.63, 3.8) is 0 Å². The minimum Gasteiger partial charge on any atom is -0.403 e. The maximum Gasteiger partial charge on any atom is 0.321 e. The van der Waals surface area contributed by atoms with Crippen molar-refractivity contribution in [1.29, 1.82) is 5.26 Å². The third kappa shape index (κ3) is 3.00. The Morgan fingerprint density at radius 2 is 2.17 bits per heavy atom. The van der Waals surface area contributed by atoms with Gasteiger partial charge in [0.2, 0.25) is 0 Å². The Hall–Kier alpha value is -2.37. The third-order valence-corrected chi connectivity index (χ3v) is 5.29. The number of benzene rings is 1. The van der Waals surface area contributed by atoms with Crippen LogP contribution < -0.4 is 10.6 Å². The molecule has 7 nitrogen and oxygen atoms in total. The Bertz CT molecular complexity index is 798. The maximum absolute atomic E-state index is 12.4. The van der Waals surface area contributed by atoms with Crippen molar-refractivity contribution in [2.45, 2.75) is 47.5 Å². The molecule has 3 heterocycles. The fourth-order valence-electron chi connectivity index (χ4n) is 3.31. The lowest BCUT2D eigenvalue weighted by Gasteiger charge is -2.21. The predicted molar refractivity (Wildman–Crippen MR) is 85.4 cm³/mol. The molecule has 1 aromatic carbocycles. The fourth-order valence-corrected chi connectivity index (χ4v) is 3.98. The summed E-state index contributed by atoms with van der Waals surface area (Å²) in [5, 5.41) is 23.0. The number of hydrogen-bond donors (Lipinski definition) is 2.